The maximum Gasteiger partial charge on any atom is 0.108 e. The number of hydrogen-bond donors (Lipinski definition) is 0. The Morgan fingerprint density at radius 2 is 0.667 bits per heavy atom. The van der Waals surface area contributed by atoms with Gasteiger partial charge in [-0.3, -0.25) is 19.9 Å². The van der Waals surface area contributed by atoms with E-state index in [0.717, 1.165) is 56.4 Å². The Hall–Kier alpha value is -6.02. The fourth-order valence-electron chi connectivity index (χ4n) is 4.57. The zero-order chi connectivity index (χ0) is 28.1. The van der Waals surface area contributed by atoms with Crippen molar-refractivity contribution in [2.45, 2.75) is 0 Å². The van der Waals surface area contributed by atoms with Crippen molar-refractivity contribution in [2.75, 3.05) is 0 Å². The standard InChI is InChI=1S/C34H22N8/c1-7-27(25-5-3-15-35-17-25)39-29(9-1)33-21-37-19-31(41-33)23-11-13-24(14-12-23)32-20-38-22-34(42-32)30-10-2-8-28(40-30)26-6-4-16-36-18-26/h1-22H. The Labute approximate surface area is 242 Å². The fraction of sp³-hybridized carbons (Fsp3) is 0. The average Bonchev–Trinajstić information content (AvgIpc) is 3.09. The van der Waals surface area contributed by atoms with Gasteiger partial charge in [0.05, 0.1) is 59.0 Å². The monoisotopic (exact) mass is 542 g/mol. The molecule has 0 fully saturated rings. The van der Waals surface area contributed by atoms with Crippen molar-refractivity contribution in [1.29, 1.82) is 0 Å². The molecule has 0 amide bonds. The lowest BCUT2D eigenvalue weighted by atomic mass is 10.1. The molecule has 0 aliphatic carbocycles. The van der Waals surface area contributed by atoms with E-state index in [9.17, 15) is 0 Å². The minimum absolute atomic E-state index is 0.696. The fourth-order valence-corrected chi connectivity index (χ4v) is 4.57. The predicted molar refractivity (Wildman–Crippen MR) is 161 cm³/mol. The van der Waals surface area contributed by atoms with Gasteiger partial charge in [0.1, 0.15) is 11.4 Å². The molecule has 0 bridgehead atoms. The molecule has 0 saturated carbocycles. The van der Waals surface area contributed by atoms with Gasteiger partial charge in [-0.05, 0) is 48.5 Å². The molecule has 0 aliphatic rings. The lowest BCUT2D eigenvalue weighted by Crippen LogP contribution is -1.95. The Bertz CT molecular complexity index is 1830. The summed E-state index contributed by atoms with van der Waals surface area (Å²) in [6.45, 7) is 0. The quantitative estimate of drug-likeness (QED) is 0.225. The lowest BCUT2D eigenvalue weighted by Gasteiger charge is -2.08. The molecule has 8 heteroatoms. The first kappa shape index (κ1) is 25.0. The summed E-state index contributed by atoms with van der Waals surface area (Å²) in [5.41, 5.74) is 9.83. The van der Waals surface area contributed by atoms with Gasteiger partial charge in [-0.15, -0.1) is 0 Å². The van der Waals surface area contributed by atoms with E-state index in [4.69, 9.17) is 19.9 Å². The van der Waals surface area contributed by atoms with E-state index in [1.54, 1.807) is 49.6 Å². The summed E-state index contributed by atoms with van der Waals surface area (Å²) in [5.74, 6) is 0. The Kier molecular flexibility index (Phi) is 6.68. The van der Waals surface area contributed by atoms with E-state index in [1.807, 2.05) is 84.9 Å². The van der Waals surface area contributed by atoms with Crippen LogP contribution >= 0.6 is 0 Å². The number of benzene rings is 1. The van der Waals surface area contributed by atoms with Gasteiger partial charge in [-0.25, -0.2) is 19.9 Å². The van der Waals surface area contributed by atoms with E-state index < -0.39 is 0 Å². The van der Waals surface area contributed by atoms with Crippen LogP contribution in [0.1, 0.15) is 0 Å². The molecule has 0 aliphatic heterocycles. The van der Waals surface area contributed by atoms with Crippen LogP contribution in [0, 0.1) is 0 Å². The Morgan fingerprint density at radius 3 is 1.10 bits per heavy atom. The second kappa shape index (κ2) is 11.2. The lowest BCUT2D eigenvalue weighted by molar-refractivity contribution is 1.17. The van der Waals surface area contributed by atoms with Crippen molar-refractivity contribution in [1.82, 2.24) is 39.9 Å². The van der Waals surface area contributed by atoms with Crippen LogP contribution in [-0.2, 0) is 0 Å². The van der Waals surface area contributed by atoms with Crippen LogP contribution in [0.15, 0.2) is 135 Å². The summed E-state index contributed by atoms with van der Waals surface area (Å²) in [6.07, 6.45) is 14.1. The van der Waals surface area contributed by atoms with Gasteiger partial charge in [-0.2, -0.15) is 0 Å². The van der Waals surface area contributed by atoms with Gasteiger partial charge >= 0.3 is 0 Å². The van der Waals surface area contributed by atoms with E-state index in [2.05, 4.69) is 19.9 Å². The van der Waals surface area contributed by atoms with Crippen molar-refractivity contribution in [2.24, 2.45) is 0 Å². The summed E-state index contributed by atoms with van der Waals surface area (Å²) in [6, 6.07) is 27.5. The minimum atomic E-state index is 0.696. The normalized spacial score (nSPS) is 10.9. The molecule has 7 rings (SSSR count). The number of aromatic nitrogens is 8. The molecule has 1 aromatic carbocycles. The molecule has 0 atom stereocenters. The molecule has 0 saturated heterocycles. The summed E-state index contributed by atoms with van der Waals surface area (Å²) in [7, 11) is 0. The van der Waals surface area contributed by atoms with E-state index in [1.165, 1.54) is 0 Å². The first-order valence-corrected chi connectivity index (χ1v) is 13.3. The smallest absolute Gasteiger partial charge is 0.108 e. The highest BCUT2D eigenvalue weighted by Gasteiger charge is 2.10. The second-order valence-electron chi connectivity index (χ2n) is 9.46. The van der Waals surface area contributed by atoms with Gasteiger partial charge in [0.15, 0.2) is 0 Å². The van der Waals surface area contributed by atoms with Crippen LogP contribution < -0.4 is 0 Å². The van der Waals surface area contributed by atoms with Crippen molar-refractivity contribution < 1.29 is 0 Å². The van der Waals surface area contributed by atoms with Gasteiger partial charge in [0, 0.05) is 47.0 Å². The molecule has 42 heavy (non-hydrogen) atoms. The summed E-state index contributed by atoms with van der Waals surface area (Å²) >= 11 is 0. The number of rotatable bonds is 6. The Morgan fingerprint density at radius 1 is 0.262 bits per heavy atom. The van der Waals surface area contributed by atoms with Gasteiger partial charge in [0.25, 0.3) is 0 Å². The van der Waals surface area contributed by atoms with Gasteiger partial charge in [-0.1, -0.05) is 36.4 Å². The van der Waals surface area contributed by atoms with Crippen molar-refractivity contribution in [3.8, 4) is 67.8 Å². The van der Waals surface area contributed by atoms with Crippen molar-refractivity contribution >= 4 is 0 Å². The molecule has 8 nitrogen and oxygen atoms in total. The van der Waals surface area contributed by atoms with E-state index in [0.29, 0.717) is 11.4 Å². The van der Waals surface area contributed by atoms with Crippen molar-refractivity contribution in [3.63, 3.8) is 0 Å². The SMILES string of the molecule is c1cncc(-c2cccc(-c3cncc(-c4ccc(-c5cncc(-c6cccc(-c7cccnc7)n6)n5)cc4)n3)n2)c1. The molecule has 0 unspecified atom stereocenters. The first-order chi connectivity index (χ1) is 20.8. The largest absolute Gasteiger partial charge is 0.264 e. The van der Waals surface area contributed by atoms with Crippen LogP contribution in [0.4, 0.5) is 0 Å². The third-order valence-electron chi connectivity index (χ3n) is 6.68. The highest BCUT2D eigenvalue weighted by Crippen LogP contribution is 2.27. The molecular formula is C34H22N8. The zero-order valence-electron chi connectivity index (χ0n) is 22.3. The molecule has 0 N–H and O–H groups in total. The summed E-state index contributed by atoms with van der Waals surface area (Å²) < 4.78 is 0. The number of hydrogen-bond acceptors (Lipinski definition) is 8. The van der Waals surface area contributed by atoms with E-state index >= 15 is 0 Å². The van der Waals surface area contributed by atoms with Crippen LogP contribution in [0.5, 0.6) is 0 Å². The molecule has 0 spiro atoms. The van der Waals surface area contributed by atoms with Crippen LogP contribution in [0.2, 0.25) is 0 Å². The predicted octanol–water partition coefficient (Wildman–Crippen LogP) is 6.85. The number of pyridine rings is 4. The molecule has 7 aromatic rings. The highest BCUT2D eigenvalue weighted by atomic mass is 14.9. The summed E-state index contributed by atoms with van der Waals surface area (Å²) in [5, 5.41) is 0. The number of nitrogens with zero attached hydrogens (tertiary/aromatic N) is 8. The maximum absolute atomic E-state index is 4.86. The third-order valence-corrected chi connectivity index (χ3v) is 6.68. The molecule has 198 valence electrons. The maximum atomic E-state index is 4.86. The van der Waals surface area contributed by atoms with Crippen LogP contribution in [-0.4, -0.2) is 39.9 Å². The second-order valence-corrected chi connectivity index (χ2v) is 9.46. The average molecular weight is 543 g/mol. The van der Waals surface area contributed by atoms with Crippen LogP contribution in [0.3, 0.4) is 0 Å². The van der Waals surface area contributed by atoms with Gasteiger partial charge < -0.3 is 0 Å². The molecule has 6 aromatic heterocycles. The molecular weight excluding hydrogens is 520 g/mol. The summed E-state index contributed by atoms with van der Waals surface area (Å²) in [4.78, 5) is 36.6. The zero-order valence-corrected chi connectivity index (χ0v) is 22.3. The van der Waals surface area contributed by atoms with Crippen LogP contribution in [0.25, 0.3) is 67.8 Å². The molecule has 0 radical (unpaired) electrons. The topological polar surface area (TPSA) is 103 Å². The van der Waals surface area contributed by atoms with E-state index in [-0.39, 0.29) is 0 Å². The first-order valence-electron chi connectivity index (χ1n) is 13.3. The highest BCUT2D eigenvalue weighted by molar-refractivity contribution is 5.70. The molecule has 6 heterocycles. The minimum Gasteiger partial charge on any atom is -0.264 e. The third kappa shape index (κ3) is 5.24. The van der Waals surface area contributed by atoms with Crippen molar-refractivity contribution in [3.05, 3.63) is 135 Å². The Balaban J connectivity index is 1.15. The van der Waals surface area contributed by atoms with Gasteiger partial charge in [0.2, 0.25) is 0 Å².